The third-order valence-corrected chi connectivity index (χ3v) is 5.67. The fraction of sp³-hybridized carbons (Fsp3) is 0.333. The van der Waals surface area contributed by atoms with Gasteiger partial charge in [-0.1, -0.05) is 60.2 Å². The zero-order chi connectivity index (χ0) is 20.2. The van der Waals surface area contributed by atoms with Gasteiger partial charge in [-0.2, -0.15) is 0 Å². The van der Waals surface area contributed by atoms with Gasteiger partial charge < -0.3 is 14.8 Å². The molecule has 2 heterocycles. The van der Waals surface area contributed by atoms with E-state index in [0.29, 0.717) is 12.5 Å². The van der Waals surface area contributed by atoms with E-state index in [0.717, 1.165) is 48.7 Å². The molecule has 1 aliphatic rings. The van der Waals surface area contributed by atoms with Gasteiger partial charge in [0.1, 0.15) is 5.82 Å². The molecule has 1 saturated heterocycles. The molecule has 0 bridgehead atoms. The lowest BCUT2D eigenvalue weighted by molar-refractivity contribution is 0.206. The summed E-state index contributed by atoms with van der Waals surface area (Å²) in [7, 11) is 0. The molecule has 5 heteroatoms. The molecule has 150 valence electrons. The molecule has 1 aromatic heterocycles. The van der Waals surface area contributed by atoms with Gasteiger partial charge >= 0.3 is 6.03 Å². The average molecular weight is 389 g/mol. The molecule has 29 heavy (non-hydrogen) atoms. The Morgan fingerprint density at radius 3 is 2.62 bits per heavy atom. The number of aryl methyl sites for hydroxylation is 2. The van der Waals surface area contributed by atoms with Crippen LogP contribution in [-0.2, 0) is 13.1 Å². The lowest BCUT2D eigenvalue weighted by Crippen LogP contribution is -2.38. The van der Waals surface area contributed by atoms with Gasteiger partial charge in [-0.25, -0.2) is 9.78 Å². The zero-order valence-corrected chi connectivity index (χ0v) is 17.1. The minimum absolute atomic E-state index is 0.0266. The fourth-order valence-electron chi connectivity index (χ4n) is 3.93. The maximum absolute atomic E-state index is 12.6. The molecular weight excluding hydrogens is 360 g/mol. The number of rotatable bonds is 5. The number of carbonyl (C=O) groups excluding carboxylic acids is 1. The van der Waals surface area contributed by atoms with Crippen molar-refractivity contribution in [3.63, 3.8) is 0 Å². The lowest BCUT2D eigenvalue weighted by Gasteiger charge is -2.19. The van der Waals surface area contributed by atoms with Crippen molar-refractivity contribution in [1.29, 1.82) is 0 Å². The maximum atomic E-state index is 12.6. The Hall–Kier alpha value is -3.08. The highest BCUT2D eigenvalue weighted by Gasteiger charge is 2.27. The number of urea groups is 1. The van der Waals surface area contributed by atoms with Crippen molar-refractivity contribution in [2.24, 2.45) is 5.92 Å². The van der Waals surface area contributed by atoms with E-state index in [4.69, 9.17) is 0 Å². The van der Waals surface area contributed by atoms with Crippen molar-refractivity contribution in [3.8, 4) is 11.4 Å². The van der Waals surface area contributed by atoms with Crippen LogP contribution in [0, 0.1) is 19.8 Å². The van der Waals surface area contributed by atoms with Crippen LogP contribution in [0.4, 0.5) is 4.79 Å². The number of likely N-dealkylation sites (tertiary alicyclic amines) is 1. The summed E-state index contributed by atoms with van der Waals surface area (Å²) in [5, 5.41) is 3.06. The van der Waals surface area contributed by atoms with E-state index in [-0.39, 0.29) is 6.03 Å². The molecule has 2 aromatic carbocycles. The largest absolute Gasteiger partial charge is 0.334 e. The number of hydrogen-bond acceptors (Lipinski definition) is 2. The number of carbonyl (C=O) groups is 1. The predicted octanol–water partition coefficient (Wildman–Crippen LogP) is 4.40. The number of hydrogen-bond donors (Lipinski definition) is 1. The van der Waals surface area contributed by atoms with Crippen LogP contribution >= 0.6 is 0 Å². The topological polar surface area (TPSA) is 50.2 Å². The molecule has 1 aliphatic heterocycles. The van der Waals surface area contributed by atoms with Crippen molar-refractivity contribution in [2.45, 2.75) is 33.4 Å². The molecule has 3 aromatic rings. The molecule has 1 unspecified atom stereocenters. The highest BCUT2D eigenvalue weighted by Crippen LogP contribution is 2.24. The molecular formula is C24H28N4O. The molecule has 1 fully saturated rings. The second-order valence-electron chi connectivity index (χ2n) is 7.94. The van der Waals surface area contributed by atoms with Gasteiger partial charge in [0.05, 0.1) is 0 Å². The van der Waals surface area contributed by atoms with Crippen molar-refractivity contribution < 1.29 is 4.79 Å². The predicted molar refractivity (Wildman–Crippen MR) is 115 cm³/mol. The molecule has 4 rings (SSSR count). The highest BCUT2D eigenvalue weighted by molar-refractivity contribution is 5.74. The summed E-state index contributed by atoms with van der Waals surface area (Å²) in [6.45, 7) is 7.21. The van der Waals surface area contributed by atoms with Crippen LogP contribution in [0.5, 0.6) is 0 Å². The van der Waals surface area contributed by atoms with E-state index in [1.807, 2.05) is 29.3 Å². The third kappa shape index (κ3) is 4.50. The van der Waals surface area contributed by atoms with Gasteiger partial charge in [0.2, 0.25) is 0 Å². The standard InChI is InChI=1S/C24H28N4O/c1-18-8-10-20(11-9-18)15-26-24(29)27-13-12-21(16-27)17-28-19(2)14-25-23(28)22-6-4-3-5-7-22/h3-11,14,21H,12-13,15-17H2,1-2H3,(H,26,29). The number of imidazole rings is 1. The van der Waals surface area contributed by atoms with Gasteiger partial charge in [0, 0.05) is 43.6 Å². The van der Waals surface area contributed by atoms with Crippen LogP contribution in [0.25, 0.3) is 11.4 Å². The number of aromatic nitrogens is 2. The van der Waals surface area contributed by atoms with E-state index in [2.05, 4.69) is 65.1 Å². The first-order chi connectivity index (χ1) is 14.1. The van der Waals surface area contributed by atoms with Gasteiger partial charge in [0.15, 0.2) is 0 Å². The Morgan fingerprint density at radius 2 is 1.86 bits per heavy atom. The second kappa shape index (κ2) is 8.52. The summed E-state index contributed by atoms with van der Waals surface area (Å²) in [6, 6.07) is 18.6. The van der Waals surface area contributed by atoms with Gasteiger partial charge in [-0.15, -0.1) is 0 Å². The first-order valence-corrected chi connectivity index (χ1v) is 10.3. The summed E-state index contributed by atoms with van der Waals surface area (Å²) in [6.07, 6.45) is 2.95. The van der Waals surface area contributed by atoms with E-state index in [1.165, 1.54) is 5.56 Å². The molecule has 0 radical (unpaired) electrons. The molecule has 0 saturated carbocycles. The Balaban J connectivity index is 1.35. The lowest BCUT2D eigenvalue weighted by atomic mass is 10.1. The quantitative estimate of drug-likeness (QED) is 0.704. The maximum Gasteiger partial charge on any atom is 0.317 e. The van der Waals surface area contributed by atoms with E-state index < -0.39 is 0 Å². The number of amides is 2. The minimum Gasteiger partial charge on any atom is -0.334 e. The van der Waals surface area contributed by atoms with Crippen LogP contribution in [0.15, 0.2) is 60.8 Å². The molecule has 5 nitrogen and oxygen atoms in total. The summed E-state index contributed by atoms with van der Waals surface area (Å²) in [5.74, 6) is 1.45. The van der Waals surface area contributed by atoms with Gasteiger partial charge in [0.25, 0.3) is 0 Å². The van der Waals surface area contributed by atoms with Crippen LogP contribution in [-0.4, -0.2) is 33.6 Å². The Bertz CT molecular complexity index is 962. The van der Waals surface area contributed by atoms with Crippen LogP contribution in [0.2, 0.25) is 0 Å². The van der Waals surface area contributed by atoms with Gasteiger partial charge in [-0.3, -0.25) is 0 Å². The first-order valence-electron chi connectivity index (χ1n) is 10.3. The monoisotopic (exact) mass is 388 g/mol. The third-order valence-electron chi connectivity index (χ3n) is 5.67. The SMILES string of the molecule is Cc1ccc(CNC(=O)N2CCC(Cn3c(C)cnc3-c3ccccc3)C2)cc1. The zero-order valence-electron chi connectivity index (χ0n) is 17.1. The normalized spacial score (nSPS) is 16.2. The van der Waals surface area contributed by atoms with Crippen LogP contribution < -0.4 is 5.32 Å². The molecule has 1 N–H and O–H groups in total. The van der Waals surface area contributed by atoms with Crippen molar-refractivity contribution in [3.05, 3.63) is 77.6 Å². The minimum atomic E-state index is 0.0266. The van der Waals surface area contributed by atoms with E-state index in [9.17, 15) is 4.79 Å². The van der Waals surface area contributed by atoms with E-state index >= 15 is 0 Å². The van der Waals surface area contributed by atoms with Gasteiger partial charge in [-0.05, 0) is 31.7 Å². The summed E-state index contributed by atoms with van der Waals surface area (Å²) < 4.78 is 2.29. The smallest absolute Gasteiger partial charge is 0.317 e. The molecule has 1 atom stereocenters. The summed E-state index contributed by atoms with van der Waals surface area (Å²) >= 11 is 0. The van der Waals surface area contributed by atoms with Crippen molar-refractivity contribution >= 4 is 6.03 Å². The Morgan fingerprint density at radius 1 is 1.10 bits per heavy atom. The fourth-order valence-corrected chi connectivity index (χ4v) is 3.93. The second-order valence-corrected chi connectivity index (χ2v) is 7.94. The highest BCUT2D eigenvalue weighted by atomic mass is 16.2. The van der Waals surface area contributed by atoms with Crippen molar-refractivity contribution in [2.75, 3.05) is 13.1 Å². The summed E-state index contributed by atoms with van der Waals surface area (Å²) in [4.78, 5) is 19.1. The molecule has 2 amide bonds. The Kier molecular flexibility index (Phi) is 5.65. The Labute approximate surface area is 172 Å². The van der Waals surface area contributed by atoms with Crippen LogP contribution in [0.1, 0.15) is 23.2 Å². The average Bonchev–Trinajstić information content (AvgIpc) is 3.36. The van der Waals surface area contributed by atoms with E-state index in [1.54, 1.807) is 0 Å². The first kappa shape index (κ1) is 19.2. The van der Waals surface area contributed by atoms with Crippen molar-refractivity contribution in [1.82, 2.24) is 19.8 Å². The number of nitrogens with one attached hydrogen (secondary N) is 1. The number of benzene rings is 2. The number of nitrogens with zero attached hydrogens (tertiary/aromatic N) is 3. The molecule has 0 spiro atoms. The summed E-state index contributed by atoms with van der Waals surface area (Å²) in [5.41, 5.74) is 4.64. The van der Waals surface area contributed by atoms with Crippen LogP contribution in [0.3, 0.4) is 0 Å². The molecule has 0 aliphatic carbocycles.